The van der Waals surface area contributed by atoms with Crippen LogP contribution in [0.15, 0.2) is 48.7 Å². The molecule has 0 fully saturated rings. The number of fused-ring (bicyclic) bond motifs is 2. The monoisotopic (exact) mass is 522 g/mol. The van der Waals surface area contributed by atoms with E-state index in [0.29, 0.717) is 41.0 Å². The molecule has 0 radical (unpaired) electrons. The van der Waals surface area contributed by atoms with Crippen LogP contribution in [-0.4, -0.2) is 58.1 Å². The number of aliphatic hydroxyl groups is 1. The molecule has 2 unspecified atom stereocenters. The Kier molecular flexibility index (Phi) is 6.62. The number of nitrogens with zero attached hydrogens (tertiary/aromatic N) is 4. The van der Waals surface area contributed by atoms with Gasteiger partial charge in [-0.15, -0.1) is 0 Å². The summed E-state index contributed by atoms with van der Waals surface area (Å²) in [6, 6.07) is 11.7. The van der Waals surface area contributed by atoms with Crippen molar-refractivity contribution in [1.29, 1.82) is 0 Å². The van der Waals surface area contributed by atoms with Crippen LogP contribution in [0.3, 0.4) is 0 Å². The zero-order valence-corrected chi connectivity index (χ0v) is 21.5. The first-order chi connectivity index (χ1) is 18.1. The molecule has 10 heteroatoms. The van der Waals surface area contributed by atoms with Crippen LogP contribution in [0.5, 0.6) is 11.5 Å². The fraction of sp³-hybridized carbons (Fsp3) is 0.321. The van der Waals surface area contributed by atoms with Gasteiger partial charge in [-0.2, -0.15) is 8.78 Å². The lowest BCUT2D eigenvalue weighted by atomic mass is 10.0. The van der Waals surface area contributed by atoms with Crippen molar-refractivity contribution in [2.24, 2.45) is 0 Å². The summed E-state index contributed by atoms with van der Waals surface area (Å²) in [6.07, 6.45) is 2.96. The van der Waals surface area contributed by atoms with Gasteiger partial charge in [0.2, 0.25) is 0 Å². The quantitative estimate of drug-likeness (QED) is 0.322. The van der Waals surface area contributed by atoms with E-state index in [1.54, 1.807) is 23.8 Å². The standard InChI is InChI=1S/C28H28F2N4O4/c1-5-20(33(3)4)26-32-19-10-9-16(18-12-23-25(31-13-18)28(2,36)15-37-23)11-21(19)34(26)24-17(14-35)7-6-8-22(24)38-27(29)30/h6-14,20,27,36H,5,15H2,1-4H3. The van der Waals surface area contributed by atoms with Gasteiger partial charge in [0, 0.05) is 17.3 Å². The molecule has 2 atom stereocenters. The fourth-order valence-corrected chi connectivity index (χ4v) is 4.98. The Hall–Kier alpha value is -3.89. The van der Waals surface area contributed by atoms with Crippen molar-refractivity contribution >= 4 is 17.3 Å². The van der Waals surface area contributed by atoms with Crippen LogP contribution in [0.1, 0.15) is 48.2 Å². The second kappa shape index (κ2) is 9.77. The van der Waals surface area contributed by atoms with Gasteiger partial charge in [0.1, 0.15) is 35.2 Å². The van der Waals surface area contributed by atoms with Crippen molar-refractivity contribution in [3.05, 3.63) is 65.7 Å². The number of carbonyl (C=O) groups is 1. The first-order valence-electron chi connectivity index (χ1n) is 12.2. The van der Waals surface area contributed by atoms with E-state index in [1.165, 1.54) is 12.1 Å². The second-order valence-electron chi connectivity index (χ2n) is 9.72. The Bertz CT molecular complexity index is 1520. The molecule has 2 aromatic heterocycles. The van der Waals surface area contributed by atoms with Gasteiger partial charge in [-0.05, 0) is 63.3 Å². The van der Waals surface area contributed by atoms with Crippen LogP contribution in [-0.2, 0) is 5.60 Å². The number of alkyl halides is 2. The molecule has 3 heterocycles. The predicted molar refractivity (Wildman–Crippen MR) is 138 cm³/mol. The maximum atomic E-state index is 13.4. The molecule has 8 nitrogen and oxygen atoms in total. The summed E-state index contributed by atoms with van der Waals surface area (Å²) < 4.78 is 39.1. The molecule has 2 aromatic carbocycles. The average molecular weight is 523 g/mol. The van der Waals surface area contributed by atoms with Gasteiger partial charge in [-0.25, -0.2) is 4.98 Å². The molecule has 0 spiro atoms. The zero-order valence-electron chi connectivity index (χ0n) is 21.5. The molecule has 0 saturated carbocycles. The highest BCUT2D eigenvalue weighted by atomic mass is 19.3. The van der Waals surface area contributed by atoms with Gasteiger partial charge in [-0.1, -0.05) is 19.1 Å². The number of imidazole rings is 1. The van der Waals surface area contributed by atoms with Crippen LogP contribution in [0.4, 0.5) is 8.78 Å². The molecule has 0 bridgehead atoms. The van der Waals surface area contributed by atoms with Crippen molar-refractivity contribution in [3.8, 4) is 28.3 Å². The summed E-state index contributed by atoms with van der Waals surface area (Å²) >= 11 is 0. The molecule has 5 rings (SSSR count). The first kappa shape index (κ1) is 25.7. The minimum atomic E-state index is -3.07. The Labute approximate surface area is 218 Å². The first-order valence-corrected chi connectivity index (χ1v) is 12.2. The topological polar surface area (TPSA) is 89.7 Å². The summed E-state index contributed by atoms with van der Waals surface area (Å²) in [7, 11) is 3.83. The third-order valence-corrected chi connectivity index (χ3v) is 6.79. The normalized spacial score (nSPS) is 17.6. The van der Waals surface area contributed by atoms with Gasteiger partial charge in [-0.3, -0.25) is 19.2 Å². The molecule has 38 heavy (non-hydrogen) atoms. The summed E-state index contributed by atoms with van der Waals surface area (Å²) in [5.74, 6) is 0.961. The van der Waals surface area contributed by atoms with Gasteiger partial charge in [0.25, 0.3) is 0 Å². The minimum Gasteiger partial charge on any atom is -0.488 e. The van der Waals surface area contributed by atoms with Crippen LogP contribution >= 0.6 is 0 Å². The van der Waals surface area contributed by atoms with Crippen LogP contribution in [0.2, 0.25) is 0 Å². The van der Waals surface area contributed by atoms with Crippen LogP contribution in [0.25, 0.3) is 27.8 Å². The van der Waals surface area contributed by atoms with Crippen molar-refractivity contribution in [3.63, 3.8) is 0 Å². The van der Waals surface area contributed by atoms with E-state index in [4.69, 9.17) is 14.5 Å². The number of aromatic nitrogens is 3. The zero-order chi connectivity index (χ0) is 27.2. The second-order valence-corrected chi connectivity index (χ2v) is 9.72. The fourth-order valence-electron chi connectivity index (χ4n) is 4.98. The highest BCUT2D eigenvalue weighted by Gasteiger charge is 2.36. The third-order valence-electron chi connectivity index (χ3n) is 6.79. The summed E-state index contributed by atoms with van der Waals surface area (Å²) in [5.41, 5.74) is 2.45. The Morgan fingerprint density at radius 3 is 2.71 bits per heavy atom. The lowest BCUT2D eigenvalue weighted by Crippen LogP contribution is -2.23. The van der Waals surface area contributed by atoms with Gasteiger partial charge in [0.05, 0.1) is 17.1 Å². The Morgan fingerprint density at radius 2 is 2.03 bits per heavy atom. The van der Waals surface area contributed by atoms with E-state index in [-0.39, 0.29) is 29.6 Å². The number of halogens is 2. The van der Waals surface area contributed by atoms with Gasteiger partial charge < -0.3 is 14.6 Å². The molecular formula is C28H28F2N4O4. The highest BCUT2D eigenvalue weighted by molar-refractivity contribution is 5.89. The lowest BCUT2D eigenvalue weighted by molar-refractivity contribution is -0.0498. The number of carbonyl (C=O) groups excluding carboxylic acids is 1. The van der Waals surface area contributed by atoms with Gasteiger partial charge >= 0.3 is 6.61 Å². The van der Waals surface area contributed by atoms with E-state index in [9.17, 15) is 18.7 Å². The molecule has 0 amide bonds. The molecule has 0 aliphatic carbocycles. The molecule has 198 valence electrons. The molecule has 1 aliphatic rings. The van der Waals surface area contributed by atoms with E-state index >= 15 is 0 Å². The van der Waals surface area contributed by atoms with Crippen molar-refractivity contribution < 1.29 is 28.2 Å². The smallest absolute Gasteiger partial charge is 0.387 e. The number of rotatable bonds is 8. The van der Waals surface area contributed by atoms with Crippen LogP contribution < -0.4 is 9.47 Å². The van der Waals surface area contributed by atoms with Crippen LogP contribution in [0, 0.1) is 0 Å². The van der Waals surface area contributed by atoms with Gasteiger partial charge in [0.15, 0.2) is 12.0 Å². The number of pyridine rings is 1. The highest BCUT2D eigenvalue weighted by Crippen LogP contribution is 2.40. The van der Waals surface area contributed by atoms with E-state index in [2.05, 4.69) is 4.98 Å². The number of hydrogen-bond acceptors (Lipinski definition) is 7. The maximum absolute atomic E-state index is 13.4. The number of para-hydroxylation sites is 1. The molecule has 1 aliphatic heterocycles. The average Bonchev–Trinajstić information content (AvgIpc) is 3.39. The number of ether oxygens (including phenoxy) is 2. The lowest BCUT2D eigenvalue weighted by Gasteiger charge is -2.25. The summed E-state index contributed by atoms with van der Waals surface area (Å²) in [6.45, 7) is 0.699. The third kappa shape index (κ3) is 4.39. The Balaban J connectivity index is 1.77. The number of hydrogen-bond donors (Lipinski definition) is 1. The summed E-state index contributed by atoms with van der Waals surface area (Å²) in [4.78, 5) is 23.4. The molecular weight excluding hydrogens is 494 g/mol. The van der Waals surface area contributed by atoms with E-state index < -0.39 is 12.2 Å². The SMILES string of the molecule is CCC(c1nc2ccc(-c3cnc4c(c3)OCC4(C)O)cc2n1-c1c(C=O)cccc1OC(F)F)N(C)C. The van der Waals surface area contributed by atoms with E-state index in [1.807, 2.05) is 50.2 Å². The molecule has 0 saturated heterocycles. The number of aldehydes is 1. The van der Waals surface area contributed by atoms with E-state index in [0.717, 1.165) is 11.1 Å². The number of benzene rings is 2. The minimum absolute atomic E-state index is 0.117. The Morgan fingerprint density at radius 1 is 1.24 bits per heavy atom. The molecule has 4 aromatic rings. The van der Waals surface area contributed by atoms with Crippen molar-refractivity contribution in [2.45, 2.75) is 38.5 Å². The summed E-state index contributed by atoms with van der Waals surface area (Å²) in [5, 5.41) is 10.5. The molecule has 1 N–H and O–H groups in total. The predicted octanol–water partition coefficient (Wildman–Crippen LogP) is 5.11. The maximum Gasteiger partial charge on any atom is 0.387 e. The van der Waals surface area contributed by atoms with Crippen molar-refractivity contribution in [1.82, 2.24) is 19.4 Å². The van der Waals surface area contributed by atoms with Crippen molar-refractivity contribution in [2.75, 3.05) is 20.7 Å². The largest absolute Gasteiger partial charge is 0.488 e.